The third-order valence-electron chi connectivity index (χ3n) is 5.39. The number of hydrogen-bond acceptors (Lipinski definition) is 5. The molecule has 0 spiro atoms. The van der Waals surface area contributed by atoms with Crippen molar-refractivity contribution in [2.75, 3.05) is 26.2 Å². The lowest BCUT2D eigenvalue weighted by Gasteiger charge is -2.27. The van der Waals surface area contributed by atoms with Crippen LogP contribution in [0.2, 0.25) is 0 Å². The molecule has 1 aliphatic heterocycles. The minimum Gasteiger partial charge on any atom is -0.450 e. The molecule has 6 heteroatoms. The van der Waals surface area contributed by atoms with Gasteiger partial charge in [-0.3, -0.25) is 14.6 Å². The fourth-order valence-corrected chi connectivity index (χ4v) is 3.83. The van der Waals surface area contributed by atoms with Crippen molar-refractivity contribution in [2.45, 2.75) is 19.9 Å². The van der Waals surface area contributed by atoms with Crippen LogP contribution in [0.3, 0.4) is 0 Å². The topological polar surface area (TPSA) is 66.7 Å². The molecular weight excluding hydrogens is 354 g/mol. The van der Waals surface area contributed by atoms with E-state index in [0.717, 1.165) is 19.6 Å². The Morgan fingerprint density at radius 3 is 2.54 bits per heavy atom. The van der Waals surface area contributed by atoms with E-state index in [9.17, 15) is 9.59 Å². The lowest BCUT2D eigenvalue weighted by molar-refractivity contribution is 0.0705. The van der Waals surface area contributed by atoms with Crippen LogP contribution in [0, 0.1) is 0 Å². The van der Waals surface area contributed by atoms with Gasteiger partial charge in [-0.1, -0.05) is 32.0 Å². The maximum Gasteiger partial charge on any atom is 0.291 e. The zero-order chi connectivity index (χ0) is 19.7. The fourth-order valence-electron chi connectivity index (χ4n) is 3.83. The van der Waals surface area contributed by atoms with E-state index in [1.807, 2.05) is 18.2 Å². The average Bonchev–Trinajstić information content (AvgIpc) is 3.02. The number of para-hydroxylation sites is 1. The summed E-state index contributed by atoms with van der Waals surface area (Å²) in [6, 6.07) is 12.1. The molecule has 1 aliphatic rings. The van der Waals surface area contributed by atoms with Crippen molar-refractivity contribution in [1.82, 2.24) is 14.8 Å². The molecule has 0 aliphatic carbocycles. The molecule has 1 amide bonds. The van der Waals surface area contributed by atoms with Gasteiger partial charge in [0, 0.05) is 19.3 Å². The van der Waals surface area contributed by atoms with E-state index in [2.05, 4.69) is 23.7 Å². The van der Waals surface area contributed by atoms with Crippen molar-refractivity contribution < 1.29 is 9.21 Å². The summed E-state index contributed by atoms with van der Waals surface area (Å²) in [7, 11) is 0. The zero-order valence-corrected chi connectivity index (χ0v) is 16.1. The monoisotopic (exact) mass is 377 g/mol. The van der Waals surface area contributed by atoms with Gasteiger partial charge in [0.05, 0.1) is 16.6 Å². The van der Waals surface area contributed by atoms with Crippen LogP contribution in [-0.2, 0) is 0 Å². The highest BCUT2D eigenvalue weighted by Crippen LogP contribution is 2.36. The van der Waals surface area contributed by atoms with E-state index < -0.39 is 6.04 Å². The fraction of sp³-hybridized carbons (Fsp3) is 0.318. The number of fused-ring (bicyclic) bond motifs is 2. The van der Waals surface area contributed by atoms with Gasteiger partial charge in [0.25, 0.3) is 5.91 Å². The summed E-state index contributed by atoms with van der Waals surface area (Å²) in [5.41, 5.74) is 1.34. The molecule has 0 saturated carbocycles. The van der Waals surface area contributed by atoms with Crippen LogP contribution in [0.1, 0.15) is 41.7 Å². The Balaban J connectivity index is 1.85. The minimum absolute atomic E-state index is 0.138. The van der Waals surface area contributed by atoms with Crippen molar-refractivity contribution in [3.63, 3.8) is 0 Å². The van der Waals surface area contributed by atoms with Gasteiger partial charge in [0.1, 0.15) is 11.6 Å². The van der Waals surface area contributed by atoms with E-state index in [0.29, 0.717) is 28.8 Å². The van der Waals surface area contributed by atoms with Gasteiger partial charge in [-0.05, 0) is 37.4 Å². The van der Waals surface area contributed by atoms with Crippen LogP contribution < -0.4 is 5.43 Å². The molecule has 4 rings (SSSR count). The molecule has 0 N–H and O–H groups in total. The first-order chi connectivity index (χ1) is 13.7. The second-order valence-electron chi connectivity index (χ2n) is 6.85. The molecule has 28 heavy (non-hydrogen) atoms. The zero-order valence-electron chi connectivity index (χ0n) is 16.1. The van der Waals surface area contributed by atoms with Crippen molar-refractivity contribution in [1.29, 1.82) is 0 Å². The van der Waals surface area contributed by atoms with Crippen LogP contribution in [0.4, 0.5) is 0 Å². The third kappa shape index (κ3) is 2.99. The van der Waals surface area contributed by atoms with Gasteiger partial charge in [-0.2, -0.15) is 0 Å². The van der Waals surface area contributed by atoms with Crippen LogP contribution in [0.5, 0.6) is 0 Å². The number of likely N-dealkylation sites (N-methyl/N-ethyl adjacent to an activating group) is 1. The van der Waals surface area contributed by atoms with Crippen molar-refractivity contribution in [3.05, 3.63) is 75.9 Å². The predicted molar refractivity (Wildman–Crippen MR) is 107 cm³/mol. The highest BCUT2D eigenvalue weighted by molar-refractivity contribution is 5.98. The molecule has 0 saturated heterocycles. The number of benzene rings is 1. The molecular formula is C22H23N3O3. The van der Waals surface area contributed by atoms with E-state index in [1.165, 1.54) is 0 Å². The molecule has 1 aromatic carbocycles. The molecule has 1 unspecified atom stereocenters. The van der Waals surface area contributed by atoms with E-state index in [4.69, 9.17) is 4.42 Å². The number of carbonyl (C=O) groups is 1. The summed E-state index contributed by atoms with van der Waals surface area (Å²) in [6.07, 6.45) is 1.68. The Labute approximate surface area is 163 Å². The molecule has 0 bridgehead atoms. The number of nitrogens with zero attached hydrogens (tertiary/aromatic N) is 3. The predicted octanol–water partition coefficient (Wildman–Crippen LogP) is 3.08. The summed E-state index contributed by atoms with van der Waals surface area (Å²) in [6.45, 7) is 7.23. The van der Waals surface area contributed by atoms with E-state index >= 15 is 0 Å². The Bertz CT molecular complexity index is 1060. The molecule has 0 radical (unpaired) electrons. The lowest BCUT2D eigenvalue weighted by atomic mass is 10.0. The van der Waals surface area contributed by atoms with Crippen molar-refractivity contribution in [3.8, 4) is 0 Å². The Morgan fingerprint density at radius 2 is 1.82 bits per heavy atom. The maximum absolute atomic E-state index is 13.3. The second-order valence-corrected chi connectivity index (χ2v) is 6.85. The van der Waals surface area contributed by atoms with Crippen LogP contribution in [-0.4, -0.2) is 46.9 Å². The van der Waals surface area contributed by atoms with Crippen LogP contribution >= 0.6 is 0 Å². The van der Waals surface area contributed by atoms with Gasteiger partial charge in [-0.15, -0.1) is 0 Å². The van der Waals surface area contributed by atoms with Crippen LogP contribution in [0.15, 0.2) is 57.9 Å². The number of hydrogen-bond donors (Lipinski definition) is 0. The maximum atomic E-state index is 13.3. The Morgan fingerprint density at radius 1 is 1.07 bits per heavy atom. The molecule has 3 heterocycles. The van der Waals surface area contributed by atoms with Crippen molar-refractivity contribution >= 4 is 16.9 Å². The Kier molecular flexibility index (Phi) is 4.96. The number of carbonyl (C=O) groups excluding carboxylic acids is 1. The standard InChI is InChI=1S/C22H23N3O3/c1-3-24(4-2)13-14-25-19(16-10-7-8-12-23-16)18-20(26)15-9-5-6-11-17(15)28-21(18)22(25)27/h5-12,19H,3-4,13-14H2,1-2H3. The number of pyridine rings is 1. The van der Waals surface area contributed by atoms with Crippen molar-refractivity contribution in [2.24, 2.45) is 0 Å². The normalized spacial score (nSPS) is 16.2. The summed E-state index contributed by atoms with van der Waals surface area (Å²) < 4.78 is 5.91. The van der Waals surface area contributed by atoms with Crippen LogP contribution in [0.25, 0.3) is 11.0 Å². The number of rotatable bonds is 6. The van der Waals surface area contributed by atoms with Gasteiger partial charge in [0.15, 0.2) is 5.43 Å². The number of amides is 1. The molecule has 0 fully saturated rings. The lowest BCUT2D eigenvalue weighted by Crippen LogP contribution is -2.38. The SMILES string of the molecule is CCN(CC)CCN1C(=O)c2oc3ccccc3c(=O)c2C1c1ccccn1. The molecule has 144 valence electrons. The first-order valence-electron chi connectivity index (χ1n) is 9.65. The smallest absolute Gasteiger partial charge is 0.291 e. The summed E-state index contributed by atoms with van der Waals surface area (Å²) in [4.78, 5) is 34.9. The first-order valence-corrected chi connectivity index (χ1v) is 9.65. The molecule has 1 atom stereocenters. The minimum atomic E-state index is -0.528. The van der Waals surface area contributed by atoms with Gasteiger partial charge in [-0.25, -0.2) is 0 Å². The van der Waals surface area contributed by atoms with Gasteiger partial charge >= 0.3 is 0 Å². The summed E-state index contributed by atoms with van der Waals surface area (Å²) in [5, 5.41) is 0.487. The van der Waals surface area contributed by atoms with E-state index in [-0.39, 0.29) is 17.1 Å². The van der Waals surface area contributed by atoms with Gasteiger partial charge in [0.2, 0.25) is 5.76 Å². The summed E-state index contributed by atoms with van der Waals surface area (Å²) in [5.74, 6) is -0.112. The largest absolute Gasteiger partial charge is 0.450 e. The quantitative estimate of drug-likeness (QED) is 0.660. The first kappa shape index (κ1) is 18.4. The average molecular weight is 377 g/mol. The second kappa shape index (κ2) is 7.56. The third-order valence-corrected chi connectivity index (χ3v) is 5.39. The highest BCUT2D eigenvalue weighted by Gasteiger charge is 2.43. The van der Waals surface area contributed by atoms with Gasteiger partial charge < -0.3 is 14.2 Å². The molecule has 3 aromatic rings. The molecule has 6 nitrogen and oxygen atoms in total. The molecule has 2 aromatic heterocycles. The van der Waals surface area contributed by atoms with E-state index in [1.54, 1.807) is 35.4 Å². The number of aromatic nitrogens is 1. The highest BCUT2D eigenvalue weighted by atomic mass is 16.3. The Hall–Kier alpha value is -2.99. The summed E-state index contributed by atoms with van der Waals surface area (Å²) >= 11 is 0.